The van der Waals surface area contributed by atoms with Crippen LogP contribution in [0.5, 0.6) is 5.75 Å². The molecule has 0 aliphatic carbocycles. The molecular formula is C24H25ClN4O5. The van der Waals surface area contributed by atoms with Gasteiger partial charge in [-0.05, 0) is 42.7 Å². The van der Waals surface area contributed by atoms with E-state index in [1.165, 1.54) is 4.90 Å². The Kier molecular flexibility index (Phi) is 7.32. The zero-order valence-electron chi connectivity index (χ0n) is 18.5. The molecule has 0 bridgehead atoms. The van der Waals surface area contributed by atoms with Crippen molar-refractivity contribution in [2.75, 3.05) is 19.7 Å². The summed E-state index contributed by atoms with van der Waals surface area (Å²) in [7, 11) is 0. The van der Waals surface area contributed by atoms with Crippen LogP contribution in [0.15, 0.2) is 47.5 Å². The summed E-state index contributed by atoms with van der Waals surface area (Å²) in [6.45, 7) is 1.08. The van der Waals surface area contributed by atoms with E-state index in [-0.39, 0.29) is 37.9 Å². The number of rotatable bonds is 10. The summed E-state index contributed by atoms with van der Waals surface area (Å²) in [4.78, 5) is 43.2. The number of carboxylic acids is 1. The van der Waals surface area contributed by atoms with Gasteiger partial charge in [0.1, 0.15) is 18.8 Å². The molecule has 4 rings (SSSR count). The van der Waals surface area contributed by atoms with E-state index in [9.17, 15) is 19.5 Å². The van der Waals surface area contributed by atoms with E-state index in [1.54, 1.807) is 24.3 Å². The summed E-state index contributed by atoms with van der Waals surface area (Å²) in [5.74, 6) is -0.0756. The number of aliphatic imine (C=N–C) groups is 1. The van der Waals surface area contributed by atoms with Gasteiger partial charge in [0.15, 0.2) is 0 Å². The van der Waals surface area contributed by atoms with Crippen molar-refractivity contribution in [2.24, 2.45) is 4.99 Å². The monoisotopic (exact) mass is 484 g/mol. The Morgan fingerprint density at radius 2 is 1.94 bits per heavy atom. The average Bonchev–Trinajstić information content (AvgIpc) is 3.16. The summed E-state index contributed by atoms with van der Waals surface area (Å²) < 4.78 is 5.96. The summed E-state index contributed by atoms with van der Waals surface area (Å²) >= 11 is 5.89. The Morgan fingerprint density at radius 1 is 1.15 bits per heavy atom. The number of carbonyl (C=O) groups excluding carboxylic acids is 2. The second-order valence-corrected chi connectivity index (χ2v) is 8.61. The van der Waals surface area contributed by atoms with Crippen LogP contribution in [0, 0.1) is 0 Å². The lowest BCUT2D eigenvalue weighted by Crippen LogP contribution is -2.35. The number of guanidine groups is 1. The van der Waals surface area contributed by atoms with Gasteiger partial charge in [-0.3, -0.25) is 19.7 Å². The third-order valence-electron chi connectivity index (χ3n) is 5.58. The Morgan fingerprint density at radius 3 is 2.71 bits per heavy atom. The maximum atomic E-state index is 12.6. The van der Waals surface area contributed by atoms with Gasteiger partial charge in [0.05, 0.1) is 18.8 Å². The van der Waals surface area contributed by atoms with Crippen LogP contribution in [-0.4, -0.2) is 58.3 Å². The van der Waals surface area contributed by atoms with Crippen molar-refractivity contribution >= 4 is 41.0 Å². The predicted octanol–water partition coefficient (Wildman–Crippen LogP) is 2.94. The Labute approximate surface area is 202 Å². The number of halogens is 1. The van der Waals surface area contributed by atoms with Crippen molar-refractivity contribution in [1.29, 1.82) is 0 Å². The van der Waals surface area contributed by atoms with Crippen molar-refractivity contribution in [2.45, 2.75) is 32.4 Å². The highest BCUT2D eigenvalue weighted by molar-refractivity contribution is 6.30. The maximum Gasteiger partial charge on any atom is 0.323 e. The van der Waals surface area contributed by atoms with Gasteiger partial charge < -0.3 is 19.6 Å². The first kappa shape index (κ1) is 23.6. The van der Waals surface area contributed by atoms with E-state index in [4.69, 9.17) is 16.3 Å². The van der Waals surface area contributed by atoms with Gasteiger partial charge in [0, 0.05) is 23.6 Å². The Bertz CT molecular complexity index is 1120. The number of carboxylic acid groups (broad SMARTS) is 1. The molecule has 2 amide bonds. The maximum absolute atomic E-state index is 12.6. The van der Waals surface area contributed by atoms with Crippen LogP contribution in [0.25, 0.3) is 0 Å². The first-order valence-corrected chi connectivity index (χ1v) is 11.4. The normalized spacial score (nSPS) is 14.1. The highest BCUT2D eigenvalue weighted by Gasteiger charge is 2.30. The van der Waals surface area contributed by atoms with Gasteiger partial charge in [-0.2, -0.15) is 0 Å². The number of nitrogens with zero attached hydrogens (tertiary/aromatic N) is 3. The standard InChI is InChI=1S/C24H25ClN4O5/c25-17-9-7-16(8-10-17)12-28(15-23(32)33)22(31)6-1-2-11-34-20-5-3-4-19-18(20)13-29-14-21(30)27-24(29)26-19/h3-5,7-10H,1-2,6,11-15H2,(H,32,33)(H,26,27,30). The average molecular weight is 485 g/mol. The van der Waals surface area contributed by atoms with Crippen molar-refractivity contribution in [3.63, 3.8) is 0 Å². The fraction of sp³-hybridized carbons (Fsp3) is 0.333. The molecule has 9 nitrogen and oxygen atoms in total. The number of benzene rings is 2. The quantitative estimate of drug-likeness (QED) is 0.501. The second-order valence-electron chi connectivity index (χ2n) is 8.17. The number of hydrogen-bond acceptors (Lipinski definition) is 6. The number of unbranched alkanes of at least 4 members (excludes halogenated alkanes) is 1. The Balaban J connectivity index is 1.27. The third kappa shape index (κ3) is 5.85. The number of amides is 2. The van der Waals surface area contributed by atoms with Gasteiger partial charge in [-0.15, -0.1) is 0 Å². The third-order valence-corrected chi connectivity index (χ3v) is 5.83. The molecule has 178 valence electrons. The van der Waals surface area contributed by atoms with Gasteiger partial charge in [-0.1, -0.05) is 29.8 Å². The van der Waals surface area contributed by atoms with Crippen LogP contribution < -0.4 is 10.1 Å². The van der Waals surface area contributed by atoms with Crippen LogP contribution in [0.3, 0.4) is 0 Å². The molecule has 2 aromatic rings. The van der Waals surface area contributed by atoms with E-state index in [1.807, 2.05) is 23.1 Å². The molecule has 0 atom stereocenters. The SMILES string of the molecule is O=C(O)CN(Cc1ccc(Cl)cc1)C(=O)CCCCOc1cccc2c1CN1CC(=O)NC1=N2. The number of nitrogens with one attached hydrogen (secondary N) is 1. The number of carbonyl (C=O) groups is 3. The van der Waals surface area contributed by atoms with Crippen molar-refractivity contribution in [3.05, 3.63) is 58.6 Å². The largest absolute Gasteiger partial charge is 0.493 e. The lowest BCUT2D eigenvalue weighted by atomic mass is 10.1. The van der Waals surface area contributed by atoms with E-state index >= 15 is 0 Å². The van der Waals surface area contributed by atoms with Crippen molar-refractivity contribution in [1.82, 2.24) is 15.1 Å². The van der Waals surface area contributed by atoms with Gasteiger partial charge in [0.25, 0.3) is 0 Å². The number of aliphatic carboxylic acids is 1. The van der Waals surface area contributed by atoms with E-state index in [0.717, 1.165) is 16.8 Å². The molecule has 1 saturated heterocycles. The molecule has 1 fully saturated rings. The number of ether oxygens (including phenoxy) is 1. The van der Waals surface area contributed by atoms with Crippen LogP contribution in [0.4, 0.5) is 5.69 Å². The smallest absolute Gasteiger partial charge is 0.323 e. The van der Waals surface area contributed by atoms with Crippen molar-refractivity contribution < 1.29 is 24.2 Å². The summed E-state index contributed by atoms with van der Waals surface area (Å²) in [5.41, 5.74) is 2.51. The summed E-state index contributed by atoms with van der Waals surface area (Å²) in [5, 5.41) is 12.5. The highest BCUT2D eigenvalue weighted by atomic mass is 35.5. The molecule has 2 N–H and O–H groups in total. The summed E-state index contributed by atoms with van der Waals surface area (Å²) in [6.07, 6.45) is 1.43. The Hall–Kier alpha value is -3.59. The molecule has 2 heterocycles. The molecule has 2 aliphatic heterocycles. The van der Waals surface area contributed by atoms with E-state index in [2.05, 4.69) is 10.3 Å². The first-order chi connectivity index (χ1) is 16.4. The molecule has 0 saturated carbocycles. The second kappa shape index (κ2) is 10.6. The topological polar surface area (TPSA) is 112 Å². The van der Waals surface area contributed by atoms with E-state index in [0.29, 0.717) is 42.7 Å². The molecule has 0 radical (unpaired) electrons. The number of fused-ring (bicyclic) bond motifs is 2. The minimum absolute atomic E-state index is 0.0771. The van der Waals surface area contributed by atoms with E-state index < -0.39 is 5.97 Å². The molecule has 0 unspecified atom stereocenters. The van der Waals surface area contributed by atoms with Gasteiger partial charge >= 0.3 is 5.97 Å². The first-order valence-electron chi connectivity index (χ1n) is 11.0. The highest BCUT2D eigenvalue weighted by Crippen LogP contribution is 2.34. The molecular weight excluding hydrogens is 460 g/mol. The lowest BCUT2D eigenvalue weighted by Gasteiger charge is -2.24. The van der Waals surface area contributed by atoms with Gasteiger partial charge in [-0.25, -0.2) is 4.99 Å². The van der Waals surface area contributed by atoms with Crippen LogP contribution in [0.1, 0.15) is 30.4 Å². The van der Waals surface area contributed by atoms with Crippen LogP contribution in [-0.2, 0) is 27.5 Å². The summed E-state index contributed by atoms with van der Waals surface area (Å²) in [6, 6.07) is 12.6. The van der Waals surface area contributed by atoms with Gasteiger partial charge in [0.2, 0.25) is 17.8 Å². The minimum atomic E-state index is -1.06. The molecule has 34 heavy (non-hydrogen) atoms. The molecule has 10 heteroatoms. The predicted molar refractivity (Wildman–Crippen MR) is 126 cm³/mol. The molecule has 2 aromatic carbocycles. The fourth-order valence-electron chi connectivity index (χ4n) is 3.90. The zero-order valence-corrected chi connectivity index (χ0v) is 19.3. The number of hydrogen-bond donors (Lipinski definition) is 2. The van der Waals surface area contributed by atoms with Crippen molar-refractivity contribution in [3.8, 4) is 5.75 Å². The lowest BCUT2D eigenvalue weighted by molar-refractivity contribution is -0.145. The van der Waals surface area contributed by atoms with Crippen LogP contribution >= 0.6 is 11.6 Å². The molecule has 0 aromatic heterocycles. The zero-order chi connectivity index (χ0) is 24.1. The molecule has 0 spiro atoms. The van der Waals surface area contributed by atoms with Crippen LogP contribution in [0.2, 0.25) is 5.02 Å². The minimum Gasteiger partial charge on any atom is -0.493 e. The molecule has 2 aliphatic rings. The fourth-order valence-corrected chi connectivity index (χ4v) is 4.03.